The molecule has 1 heterocycles. The Morgan fingerprint density at radius 1 is 1.11 bits per heavy atom. The highest BCUT2D eigenvalue weighted by atomic mass is 79.9. The molecule has 0 saturated carbocycles. The lowest BCUT2D eigenvalue weighted by atomic mass is 9.99. The second-order valence-electron chi connectivity index (χ2n) is 4.31. The van der Waals surface area contributed by atoms with E-state index in [0.717, 1.165) is 4.47 Å². The van der Waals surface area contributed by atoms with E-state index in [1.165, 1.54) is 0 Å². The minimum Gasteiger partial charge on any atom is -0.491 e. The maximum Gasteiger partial charge on any atom is 0.184 e. The molecule has 0 bridgehead atoms. The van der Waals surface area contributed by atoms with Crippen molar-refractivity contribution in [3.05, 3.63) is 28.7 Å². The van der Waals surface area contributed by atoms with Crippen molar-refractivity contribution in [1.82, 2.24) is 0 Å². The minimum absolute atomic E-state index is 0.0571. The zero-order chi connectivity index (χ0) is 14.0. The predicted molar refractivity (Wildman–Crippen MR) is 68.5 cm³/mol. The largest absolute Gasteiger partial charge is 0.491 e. The molecule has 1 aromatic carbocycles. The zero-order valence-corrected chi connectivity index (χ0v) is 11.5. The van der Waals surface area contributed by atoms with E-state index in [0.29, 0.717) is 5.75 Å². The van der Waals surface area contributed by atoms with Gasteiger partial charge in [0.1, 0.15) is 36.8 Å². The molecule has 2 rings (SSSR count). The molecule has 0 aromatic heterocycles. The van der Waals surface area contributed by atoms with Crippen molar-refractivity contribution in [3.63, 3.8) is 0 Å². The lowest BCUT2D eigenvalue weighted by molar-refractivity contribution is -0.285. The molecule has 0 unspecified atom stereocenters. The van der Waals surface area contributed by atoms with Crippen molar-refractivity contribution in [2.24, 2.45) is 0 Å². The first-order valence-electron chi connectivity index (χ1n) is 5.75. The highest BCUT2D eigenvalue weighted by Crippen LogP contribution is 2.22. The summed E-state index contributed by atoms with van der Waals surface area (Å²) in [4.78, 5) is 0. The van der Waals surface area contributed by atoms with E-state index >= 15 is 0 Å². The Bertz CT molecular complexity index is 428. The summed E-state index contributed by atoms with van der Waals surface area (Å²) in [6.45, 7) is -0.0571. The average Bonchev–Trinajstić information content (AvgIpc) is 2.39. The Morgan fingerprint density at radius 2 is 1.84 bits per heavy atom. The first-order valence-corrected chi connectivity index (χ1v) is 6.54. The van der Waals surface area contributed by atoms with Crippen molar-refractivity contribution in [1.29, 1.82) is 0 Å². The molecule has 1 aliphatic heterocycles. The van der Waals surface area contributed by atoms with Gasteiger partial charge >= 0.3 is 0 Å². The number of aliphatic hydroxyl groups excluding tert-OH is 4. The quantitative estimate of drug-likeness (QED) is 0.602. The maximum absolute atomic E-state index is 9.72. The third-order valence-electron chi connectivity index (χ3n) is 2.90. The molecule has 1 aliphatic rings. The molecule has 106 valence electrons. The summed E-state index contributed by atoms with van der Waals surface area (Å²) in [5, 5.41) is 37.9. The standard InChI is InChI=1S/C12H15BrO6/c13-6-2-1-3-7(4-6)18-5-8-9(14)10(15)11(16)12(17)19-8/h1-4,8-12,14-17H,5H2/t8-,9-,10+,11-,12-/m1/s1. The second kappa shape index (κ2) is 6.17. The normalized spacial score (nSPS) is 35.1. The van der Waals surface area contributed by atoms with Crippen LogP contribution < -0.4 is 4.74 Å². The Balaban J connectivity index is 1.95. The molecule has 0 aliphatic carbocycles. The number of hydrogen-bond donors (Lipinski definition) is 4. The molecule has 0 amide bonds. The first kappa shape index (κ1) is 14.7. The van der Waals surface area contributed by atoms with Gasteiger partial charge in [-0.2, -0.15) is 0 Å². The van der Waals surface area contributed by atoms with Gasteiger partial charge in [-0.1, -0.05) is 22.0 Å². The summed E-state index contributed by atoms with van der Waals surface area (Å²) in [7, 11) is 0. The average molecular weight is 335 g/mol. The number of ether oxygens (including phenoxy) is 2. The van der Waals surface area contributed by atoms with Gasteiger partial charge in [0.25, 0.3) is 0 Å². The van der Waals surface area contributed by atoms with E-state index < -0.39 is 30.7 Å². The summed E-state index contributed by atoms with van der Waals surface area (Å²) in [6.07, 6.45) is -6.80. The van der Waals surface area contributed by atoms with Gasteiger partial charge in [-0.3, -0.25) is 0 Å². The van der Waals surface area contributed by atoms with E-state index in [4.69, 9.17) is 9.47 Å². The van der Waals surface area contributed by atoms with E-state index in [1.54, 1.807) is 18.2 Å². The van der Waals surface area contributed by atoms with E-state index in [1.807, 2.05) is 6.07 Å². The molecule has 0 spiro atoms. The lowest BCUT2D eigenvalue weighted by Crippen LogP contribution is -2.58. The highest BCUT2D eigenvalue weighted by Gasteiger charge is 2.43. The van der Waals surface area contributed by atoms with Crippen molar-refractivity contribution in [3.8, 4) is 5.75 Å². The van der Waals surface area contributed by atoms with Crippen LogP contribution in [-0.4, -0.2) is 57.7 Å². The van der Waals surface area contributed by atoms with Crippen LogP contribution in [0.15, 0.2) is 28.7 Å². The first-order chi connectivity index (χ1) is 8.99. The van der Waals surface area contributed by atoms with E-state index in [2.05, 4.69) is 15.9 Å². The summed E-state index contributed by atoms with van der Waals surface area (Å²) in [5.74, 6) is 0.556. The monoisotopic (exact) mass is 334 g/mol. The summed E-state index contributed by atoms with van der Waals surface area (Å²) in [6, 6.07) is 7.08. The van der Waals surface area contributed by atoms with Crippen molar-refractivity contribution >= 4 is 15.9 Å². The highest BCUT2D eigenvalue weighted by molar-refractivity contribution is 9.10. The third-order valence-corrected chi connectivity index (χ3v) is 3.39. The van der Waals surface area contributed by atoms with Gasteiger partial charge < -0.3 is 29.9 Å². The van der Waals surface area contributed by atoms with Crippen LogP contribution in [0.4, 0.5) is 0 Å². The molecular weight excluding hydrogens is 320 g/mol. The number of rotatable bonds is 3. The van der Waals surface area contributed by atoms with Gasteiger partial charge in [-0.25, -0.2) is 0 Å². The third kappa shape index (κ3) is 3.44. The van der Waals surface area contributed by atoms with Crippen LogP contribution in [0.5, 0.6) is 5.75 Å². The molecule has 1 aromatic rings. The molecule has 4 N–H and O–H groups in total. The van der Waals surface area contributed by atoms with Crippen molar-refractivity contribution in [2.75, 3.05) is 6.61 Å². The van der Waals surface area contributed by atoms with Crippen molar-refractivity contribution < 1.29 is 29.9 Å². The minimum atomic E-state index is -1.55. The summed E-state index contributed by atoms with van der Waals surface area (Å²) < 4.78 is 11.2. The Kier molecular flexibility index (Phi) is 4.77. The van der Waals surface area contributed by atoms with Crippen LogP contribution >= 0.6 is 15.9 Å². The maximum atomic E-state index is 9.72. The van der Waals surface area contributed by atoms with Crippen LogP contribution in [0.2, 0.25) is 0 Å². The van der Waals surface area contributed by atoms with Gasteiger partial charge in [0.15, 0.2) is 6.29 Å². The van der Waals surface area contributed by atoms with Gasteiger partial charge in [-0.05, 0) is 18.2 Å². The van der Waals surface area contributed by atoms with Crippen LogP contribution in [0, 0.1) is 0 Å². The molecule has 0 radical (unpaired) electrons. The molecule has 6 nitrogen and oxygen atoms in total. The van der Waals surface area contributed by atoms with Crippen LogP contribution in [0.1, 0.15) is 0 Å². The van der Waals surface area contributed by atoms with Crippen LogP contribution in [0.3, 0.4) is 0 Å². The van der Waals surface area contributed by atoms with E-state index in [-0.39, 0.29) is 6.61 Å². The van der Waals surface area contributed by atoms with Gasteiger partial charge in [0, 0.05) is 4.47 Å². The fourth-order valence-corrected chi connectivity index (χ4v) is 2.18. The number of halogens is 1. The number of benzene rings is 1. The van der Waals surface area contributed by atoms with Gasteiger partial charge in [-0.15, -0.1) is 0 Å². The zero-order valence-electron chi connectivity index (χ0n) is 9.89. The van der Waals surface area contributed by atoms with E-state index in [9.17, 15) is 20.4 Å². The number of hydrogen-bond acceptors (Lipinski definition) is 6. The van der Waals surface area contributed by atoms with Crippen molar-refractivity contribution in [2.45, 2.75) is 30.7 Å². The molecule has 1 saturated heterocycles. The van der Waals surface area contributed by atoms with Crippen LogP contribution in [-0.2, 0) is 4.74 Å². The second-order valence-corrected chi connectivity index (χ2v) is 5.22. The molecule has 5 atom stereocenters. The molecule has 1 fully saturated rings. The number of aliphatic hydroxyl groups is 4. The van der Waals surface area contributed by atoms with Gasteiger partial charge in [0.05, 0.1) is 0 Å². The summed E-state index contributed by atoms with van der Waals surface area (Å²) in [5.41, 5.74) is 0. The topological polar surface area (TPSA) is 99.4 Å². The Morgan fingerprint density at radius 3 is 2.53 bits per heavy atom. The SMILES string of the molecule is O[C@@H]1[C@@H](O)[C@H](O)O[C@H](COc2cccc(Br)c2)[C@H]1O. The van der Waals surface area contributed by atoms with Crippen LogP contribution in [0.25, 0.3) is 0 Å². The predicted octanol–water partition coefficient (Wildman–Crippen LogP) is -0.372. The molecular formula is C12H15BrO6. The molecule has 19 heavy (non-hydrogen) atoms. The molecule has 7 heteroatoms. The Labute approximate surface area is 118 Å². The lowest BCUT2D eigenvalue weighted by Gasteiger charge is -2.38. The fourth-order valence-electron chi connectivity index (χ4n) is 1.80. The smallest absolute Gasteiger partial charge is 0.184 e. The fraction of sp³-hybridized carbons (Fsp3) is 0.500. The van der Waals surface area contributed by atoms with Gasteiger partial charge in [0.2, 0.25) is 0 Å². The summed E-state index contributed by atoms with van der Waals surface area (Å²) >= 11 is 3.29. The Hall–Kier alpha value is -0.700.